The molecule has 0 aromatic carbocycles. The molecule has 0 radical (unpaired) electrons. The molecule has 1 fully saturated rings. The number of halogens is 3. The quantitative estimate of drug-likeness (QED) is 0.800. The van der Waals surface area contributed by atoms with Gasteiger partial charge in [0.2, 0.25) is 5.82 Å². The molecular weight excluding hydrogens is 299 g/mol. The fourth-order valence-electron chi connectivity index (χ4n) is 1.83. The molecule has 3 rings (SSSR count). The molecule has 1 saturated carbocycles. The second-order valence-corrected chi connectivity index (χ2v) is 6.21. The molecule has 0 aliphatic heterocycles. The molecule has 0 spiro atoms. The summed E-state index contributed by atoms with van der Waals surface area (Å²) in [6.45, 7) is 0. The molecule has 102 valence electrons. The van der Waals surface area contributed by atoms with Crippen molar-refractivity contribution in [2.45, 2.75) is 29.4 Å². The van der Waals surface area contributed by atoms with E-state index in [1.54, 1.807) is 6.26 Å². The second kappa shape index (κ2) is 4.20. The van der Waals surface area contributed by atoms with Crippen molar-refractivity contribution >= 4 is 33.4 Å². The number of hydrogen-bond acceptors (Lipinski definition) is 5. The standard InChI is InChI=1S/C10H8F3N3OS2/c1-18-9-14-5-6(19-9)15-8(10(11,12)13)16(7(5)17)4-2-3-4/h4H,2-3H2,1H3. The Morgan fingerprint density at radius 3 is 2.58 bits per heavy atom. The largest absolute Gasteiger partial charge is 0.449 e. The Morgan fingerprint density at radius 2 is 2.05 bits per heavy atom. The molecule has 0 amide bonds. The molecular formula is C10H8F3N3OS2. The molecule has 0 N–H and O–H groups in total. The Balaban J connectivity index is 2.34. The second-order valence-electron chi connectivity index (χ2n) is 4.18. The fraction of sp³-hybridized carbons (Fsp3) is 0.500. The third-order valence-electron chi connectivity index (χ3n) is 2.79. The number of aromatic nitrogens is 3. The lowest BCUT2D eigenvalue weighted by atomic mass is 10.4. The topological polar surface area (TPSA) is 47.8 Å². The molecule has 0 bridgehead atoms. The Labute approximate surface area is 113 Å². The zero-order valence-corrected chi connectivity index (χ0v) is 11.3. The maximum atomic E-state index is 13.0. The first-order valence-corrected chi connectivity index (χ1v) is 7.50. The zero-order valence-electron chi connectivity index (χ0n) is 9.69. The Kier molecular flexibility index (Phi) is 2.86. The van der Waals surface area contributed by atoms with Gasteiger partial charge in [-0.05, 0) is 19.1 Å². The van der Waals surface area contributed by atoms with Gasteiger partial charge in [0.15, 0.2) is 14.7 Å². The number of thioether (sulfide) groups is 1. The van der Waals surface area contributed by atoms with E-state index in [9.17, 15) is 18.0 Å². The molecule has 1 aliphatic carbocycles. The number of thiazole rings is 1. The summed E-state index contributed by atoms with van der Waals surface area (Å²) in [7, 11) is 0. The Morgan fingerprint density at radius 1 is 1.37 bits per heavy atom. The van der Waals surface area contributed by atoms with E-state index in [1.807, 2.05) is 0 Å². The summed E-state index contributed by atoms with van der Waals surface area (Å²) in [5, 5.41) is 0. The van der Waals surface area contributed by atoms with Crippen LogP contribution in [-0.2, 0) is 6.18 Å². The minimum Gasteiger partial charge on any atom is -0.284 e. The van der Waals surface area contributed by atoms with Crippen molar-refractivity contribution in [3.8, 4) is 0 Å². The highest BCUT2D eigenvalue weighted by atomic mass is 32.2. The monoisotopic (exact) mass is 307 g/mol. The van der Waals surface area contributed by atoms with Gasteiger partial charge in [0.25, 0.3) is 5.56 Å². The average Bonchev–Trinajstić information content (AvgIpc) is 3.06. The van der Waals surface area contributed by atoms with Gasteiger partial charge in [-0.3, -0.25) is 9.36 Å². The third kappa shape index (κ3) is 2.14. The van der Waals surface area contributed by atoms with Crippen LogP contribution in [-0.4, -0.2) is 20.8 Å². The summed E-state index contributed by atoms with van der Waals surface area (Å²) in [6.07, 6.45) is -1.72. The lowest BCUT2D eigenvalue weighted by molar-refractivity contribution is -0.148. The van der Waals surface area contributed by atoms with Gasteiger partial charge in [0, 0.05) is 6.04 Å². The maximum absolute atomic E-state index is 13.0. The summed E-state index contributed by atoms with van der Waals surface area (Å²) in [4.78, 5) is 19.9. The molecule has 2 heterocycles. The van der Waals surface area contributed by atoms with Gasteiger partial charge in [-0.2, -0.15) is 13.2 Å². The van der Waals surface area contributed by atoms with Gasteiger partial charge >= 0.3 is 6.18 Å². The van der Waals surface area contributed by atoms with Crippen molar-refractivity contribution in [3.05, 3.63) is 16.2 Å². The van der Waals surface area contributed by atoms with Gasteiger partial charge in [-0.1, -0.05) is 23.1 Å². The van der Waals surface area contributed by atoms with Crippen molar-refractivity contribution in [1.82, 2.24) is 14.5 Å². The molecule has 9 heteroatoms. The zero-order chi connectivity index (χ0) is 13.8. The summed E-state index contributed by atoms with van der Waals surface area (Å²) in [5.41, 5.74) is -0.648. The Bertz CT molecular complexity index is 702. The maximum Gasteiger partial charge on any atom is 0.449 e. The van der Waals surface area contributed by atoms with Crippen molar-refractivity contribution in [2.24, 2.45) is 0 Å². The minimum absolute atomic E-state index is 0.0363. The first-order valence-electron chi connectivity index (χ1n) is 5.46. The van der Waals surface area contributed by atoms with Crippen LogP contribution in [0.25, 0.3) is 10.3 Å². The molecule has 2 aromatic heterocycles. The van der Waals surface area contributed by atoms with Crippen LogP contribution in [0.3, 0.4) is 0 Å². The predicted molar refractivity (Wildman–Crippen MR) is 66.7 cm³/mol. The van der Waals surface area contributed by atoms with Gasteiger partial charge in [0.05, 0.1) is 0 Å². The van der Waals surface area contributed by atoms with Crippen molar-refractivity contribution < 1.29 is 13.2 Å². The number of fused-ring (bicyclic) bond motifs is 1. The van der Waals surface area contributed by atoms with Crippen LogP contribution in [0, 0.1) is 0 Å². The lowest BCUT2D eigenvalue weighted by Crippen LogP contribution is -2.29. The number of alkyl halides is 3. The summed E-state index contributed by atoms with van der Waals surface area (Å²) in [5.74, 6) is -1.11. The molecule has 19 heavy (non-hydrogen) atoms. The fourth-order valence-corrected chi connectivity index (χ4v) is 3.24. The van der Waals surface area contributed by atoms with Crippen LogP contribution in [0.1, 0.15) is 24.7 Å². The third-order valence-corrected chi connectivity index (χ3v) is 4.72. The number of rotatable bonds is 2. The smallest absolute Gasteiger partial charge is 0.284 e. The summed E-state index contributed by atoms with van der Waals surface area (Å²) < 4.78 is 40.3. The van der Waals surface area contributed by atoms with E-state index in [0.29, 0.717) is 17.2 Å². The highest BCUT2D eigenvalue weighted by Gasteiger charge is 2.41. The van der Waals surface area contributed by atoms with Crippen LogP contribution in [0.2, 0.25) is 0 Å². The van der Waals surface area contributed by atoms with Crippen molar-refractivity contribution in [1.29, 1.82) is 0 Å². The highest BCUT2D eigenvalue weighted by molar-refractivity contribution is 8.00. The first kappa shape index (κ1) is 12.9. The van der Waals surface area contributed by atoms with Crippen LogP contribution in [0.5, 0.6) is 0 Å². The molecule has 0 unspecified atom stereocenters. The highest BCUT2D eigenvalue weighted by Crippen LogP contribution is 2.39. The lowest BCUT2D eigenvalue weighted by Gasteiger charge is -2.12. The van der Waals surface area contributed by atoms with E-state index < -0.39 is 17.6 Å². The van der Waals surface area contributed by atoms with Gasteiger partial charge in [0.1, 0.15) is 0 Å². The van der Waals surface area contributed by atoms with E-state index in [-0.39, 0.29) is 16.4 Å². The molecule has 4 nitrogen and oxygen atoms in total. The summed E-state index contributed by atoms with van der Waals surface area (Å²) in [6, 6.07) is -0.388. The minimum atomic E-state index is -4.63. The predicted octanol–water partition coefficient (Wildman–Crippen LogP) is 2.93. The van der Waals surface area contributed by atoms with E-state index in [4.69, 9.17) is 0 Å². The van der Waals surface area contributed by atoms with E-state index in [2.05, 4.69) is 9.97 Å². The molecule has 0 atom stereocenters. The molecule has 1 aliphatic rings. The van der Waals surface area contributed by atoms with Crippen LogP contribution < -0.4 is 5.56 Å². The SMILES string of the molecule is CSc1nc2c(=O)n(C3CC3)c(C(F)(F)F)nc2s1. The van der Waals surface area contributed by atoms with Gasteiger partial charge in [-0.15, -0.1) is 0 Å². The van der Waals surface area contributed by atoms with Crippen LogP contribution in [0.15, 0.2) is 9.13 Å². The van der Waals surface area contributed by atoms with Crippen molar-refractivity contribution in [3.63, 3.8) is 0 Å². The Hall–Kier alpha value is -1.09. The van der Waals surface area contributed by atoms with E-state index in [1.165, 1.54) is 11.8 Å². The molecule has 2 aromatic rings. The first-order chi connectivity index (χ1) is 8.91. The average molecular weight is 307 g/mol. The van der Waals surface area contributed by atoms with Crippen LogP contribution >= 0.6 is 23.1 Å². The van der Waals surface area contributed by atoms with Gasteiger partial charge < -0.3 is 0 Å². The van der Waals surface area contributed by atoms with Crippen LogP contribution in [0.4, 0.5) is 13.2 Å². The number of nitrogens with zero attached hydrogens (tertiary/aromatic N) is 3. The van der Waals surface area contributed by atoms with E-state index in [0.717, 1.165) is 15.9 Å². The van der Waals surface area contributed by atoms with E-state index >= 15 is 0 Å². The summed E-state index contributed by atoms with van der Waals surface area (Å²) >= 11 is 2.29. The normalized spacial score (nSPS) is 16.2. The number of hydrogen-bond donors (Lipinski definition) is 0. The van der Waals surface area contributed by atoms with Gasteiger partial charge in [-0.25, -0.2) is 9.97 Å². The van der Waals surface area contributed by atoms with Crippen molar-refractivity contribution in [2.75, 3.05) is 6.26 Å². The molecule has 0 saturated heterocycles.